The molecule has 0 unspecified atom stereocenters. The highest BCUT2D eigenvalue weighted by Gasteiger charge is 2.16. The topological polar surface area (TPSA) is 37.8 Å². The molecule has 0 saturated heterocycles. The number of nitrogens with one attached hydrogen (secondary N) is 1. The zero-order chi connectivity index (χ0) is 13.2. The van der Waals surface area contributed by atoms with Gasteiger partial charge in [-0.2, -0.15) is 0 Å². The van der Waals surface area contributed by atoms with E-state index in [0.29, 0.717) is 11.1 Å². The van der Waals surface area contributed by atoms with E-state index in [1.54, 1.807) is 0 Å². The van der Waals surface area contributed by atoms with Gasteiger partial charge in [-0.15, -0.1) is 0 Å². The molecule has 1 aromatic heterocycles. The number of hydrogen-bond donors (Lipinski definition) is 1. The van der Waals surface area contributed by atoms with Crippen LogP contribution in [-0.2, 0) is 0 Å². The molecule has 0 radical (unpaired) electrons. The van der Waals surface area contributed by atoms with Crippen molar-refractivity contribution in [1.82, 2.24) is 9.97 Å². The van der Waals surface area contributed by atoms with Gasteiger partial charge in [-0.1, -0.05) is 30.9 Å². The van der Waals surface area contributed by atoms with Gasteiger partial charge in [-0.05, 0) is 42.6 Å². The average molecular weight is 296 g/mol. The summed E-state index contributed by atoms with van der Waals surface area (Å²) in [5.41, 5.74) is 0.822. The van der Waals surface area contributed by atoms with Crippen molar-refractivity contribution >= 4 is 39.9 Å². The Labute approximate surface area is 122 Å². The molecule has 0 atom stereocenters. The molecule has 1 aliphatic carbocycles. The van der Waals surface area contributed by atoms with Crippen molar-refractivity contribution in [3.8, 4) is 0 Å². The number of rotatable bonds is 2. The van der Waals surface area contributed by atoms with Crippen LogP contribution in [-0.4, -0.2) is 16.0 Å². The van der Waals surface area contributed by atoms with Crippen LogP contribution in [0.2, 0.25) is 10.3 Å². The molecule has 0 aliphatic heterocycles. The largest absolute Gasteiger partial charge is 0.367 e. The molecule has 1 saturated carbocycles. The zero-order valence-corrected chi connectivity index (χ0v) is 12.0. The minimum absolute atomic E-state index is 0.271. The van der Waals surface area contributed by atoms with Gasteiger partial charge in [0, 0.05) is 16.5 Å². The summed E-state index contributed by atoms with van der Waals surface area (Å²) < 4.78 is 0. The molecular weight excluding hydrogens is 281 g/mol. The minimum Gasteiger partial charge on any atom is -0.367 e. The van der Waals surface area contributed by atoms with E-state index in [4.69, 9.17) is 23.2 Å². The summed E-state index contributed by atoms with van der Waals surface area (Å²) >= 11 is 12.0. The van der Waals surface area contributed by atoms with Gasteiger partial charge in [0.05, 0.1) is 5.52 Å². The lowest BCUT2D eigenvalue weighted by molar-refractivity contribution is 0.462. The van der Waals surface area contributed by atoms with E-state index in [-0.39, 0.29) is 5.28 Å². The molecule has 100 valence electrons. The molecule has 1 N–H and O–H groups in total. The molecule has 1 aromatic carbocycles. The minimum atomic E-state index is 0.271. The normalized spacial score (nSPS) is 16.7. The van der Waals surface area contributed by atoms with Crippen LogP contribution in [0.25, 0.3) is 10.9 Å². The summed E-state index contributed by atoms with van der Waals surface area (Å²) in [7, 11) is 0. The Balaban J connectivity index is 1.98. The number of benzene rings is 1. The van der Waals surface area contributed by atoms with Crippen molar-refractivity contribution in [2.75, 3.05) is 5.32 Å². The molecule has 0 spiro atoms. The summed E-state index contributed by atoms with van der Waals surface area (Å²) in [6.45, 7) is 0. The number of halogens is 2. The summed E-state index contributed by atoms with van der Waals surface area (Å²) in [6, 6.07) is 6.05. The van der Waals surface area contributed by atoms with Crippen molar-refractivity contribution in [2.45, 2.75) is 38.1 Å². The second-order valence-corrected chi connectivity index (χ2v) is 5.76. The Morgan fingerprint density at radius 1 is 1.05 bits per heavy atom. The third-order valence-electron chi connectivity index (χ3n) is 3.58. The Bertz CT molecular complexity index is 595. The first-order valence-electron chi connectivity index (χ1n) is 6.62. The quantitative estimate of drug-likeness (QED) is 0.817. The van der Waals surface area contributed by atoms with Crippen LogP contribution in [0.4, 0.5) is 5.82 Å². The van der Waals surface area contributed by atoms with Gasteiger partial charge < -0.3 is 5.32 Å². The van der Waals surface area contributed by atoms with Crippen LogP contribution in [0, 0.1) is 0 Å². The lowest BCUT2D eigenvalue weighted by Gasteiger charge is -2.23. The Morgan fingerprint density at radius 3 is 2.63 bits per heavy atom. The van der Waals surface area contributed by atoms with E-state index in [1.165, 1.54) is 32.1 Å². The number of nitrogens with zero attached hydrogens (tertiary/aromatic N) is 2. The van der Waals surface area contributed by atoms with E-state index in [9.17, 15) is 0 Å². The van der Waals surface area contributed by atoms with E-state index >= 15 is 0 Å². The Morgan fingerprint density at radius 2 is 1.84 bits per heavy atom. The van der Waals surface area contributed by atoms with Crippen molar-refractivity contribution < 1.29 is 0 Å². The van der Waals surface area contributed by atoms with E-state index in [2.05, 4.69) is 15.3 Å². The summed E-state index contributed by atoms with van der Waals surface area (Å²) in [5, 5.41) is 5.39. The molecule has 1 fully saturated rings. The first-order valence-corrected chi connectivity index (χ1v) is 7.37. The van der Waals surface area contributed by atoms with Crippen LogP contribution in [0.3, 0.4) is 0 Å². The molecule has 1 heterocycles. The molecule has 2 aromatic rings. The number of aromatic nitrogens is 2. The predicted molar refractivity (Wildman–Crippen MR) is 80.1 cm³/mol. The van der Waals surface area contributed by atoms with Gasteiger partial charge in [0.1, 0.15) is 5.82 Å². The van der Waals surface area contributed by atoms with Crippen molar-refractivity contribution in [1.29, 1.82) is 0 Å². The van der Waals surface area contributed by atoms with Gasteiger partial charge in [-0.3, -0.25) is 0 Å². The van der Waals surface area contributed by atoms with Crippen LogP contribution < -0.4 is 5.32 Å². The lowest BCUT2D eigenvalue weighted by atomic mass is 9.95. The SMILES string of the molecule is Clc1ccc2nc(Cl)nc(NC3CCCCC3)c2c1. The van der Waals surface area contributed by atoms with Gasteiger partial charge in [0.25, 0.3) is 0 Å². The monoisotopic (exact) mass is 295 g/mol. The van der Waals surface area contributed by atoms with E-state index in [0.717, 1.165) is 16.7 Å². The number of hydrogen-bond acceptors (Lipinski definition) is 3. The first kappa shape index (κ1) is 12.9. The van der Waals surface area contributed by atoms with Gasteiger partial charge >= 0.3 is 0 Å². The van der Waals surface area contributed by atoms with Crippen molar-refractivity contribution in [3.63, 3.8) is 0 Å². The maximum Gasteiger partial charge on any atom is 0.224 e. The summed E-state index contributed by atoms with van der Waals surface area (Å²) in [4.78, 5) is 8.55. The third-order valence-corrected chi connectivity index (χ3v) is 3.98. The maximum atomic E-state index is 6.06. The molecule has 19 heavy (non-hydrogen) atoms. The molecule has 3 rings (SSSR count). The predicted octanol–water partition coefficient (Wildman–Crippen LogP) is 4.68. The number of fused-ring (bicyclic) bond motifs is 1. The lowest BCUT2D eigenvalue weighted by Crippen LogP contribution is -2.23. The second kappa shape index (κ2) is 5.51. The smallest absolute Gasteiger partial charge is 0.224 e. The average Bonchev–Trinajstić information content (AvgIpc) is 2.41. The maximum absolute atomic E-state index is 6.06. The van der Waals surface area contributed by atoms with Crippen LogP contribution in [0.1, 0.15) is 32.1 Å². The molecule has 0 bridgehead atoms. The van der Waals surface area contributed by atoms with Crippen LogP contribution in [0.5, 0.6) is 0 Å². The summed E-state index contributed by atoms with van der Waals surface area (Å²) in [6.07, 6.45) is 6.24. The van der Waals surface area contributed by atoms with Crippen LogP contribution in [0.15, 0.2) is 18.2 Å². The fourth-order valence-electron chi connectivity index (χ4n) is 2.62. The van der Waals surface area contributed by atoms with Gasteiger partial charge in [-0.25, -0.2) is 9.97 Å². The number of anilines is 1. The summed E-state index contributed by atoms with van der Waals surface area (Å²) in [5.74, 6) is 0.796. The molecular formula is C14H15Cl2N3. The van der Waals surface area contributed by atoms with Crippen LogP contribution >= 0.6 is 23.2 Å². The highest BCUT2D eigenvalue weighted by Crippen LogP contribution is 2.28. The third kappa shape index (κ3) is 2.93. The molecule has 0 amide bonds. The highest BCUT2D eigenvalue weighted by molar-refractivity contribution is 6.31. The standard InChI is InChI=1S/C14H15Cl2N3/c15-9-6-7-12-11(8-9)13(19-14(16)18-12)17-10-4-2-1-3-5-10/h6-8,10H,1-5H2,(H,17,18,19). The van der Waals surface area contributed by atoms with Gasteiger partial charge in [0.2, 0.25) is 5.28 Å². The van der Waals surface area contributed by atoms with Gasteiger partial charge in [0.15, 0.2) is 0 Å². The molecule has 1 aliphatic rings. The van der Waals surface area contributed by atoms with Crippen molar-refractivity contribution in [2.24, 2.45) is 0 Å². The Hall–Kier alpha value is -1.06. The van der Waals surface area contributed by atoms with E-state index in [1.807, 2.05) is 18.2 Å². The first-order chi connectivity index (χ1) is 9.22. The molecule has 3 nitrogen and oxygen atoms in total. The highest BCUT2D eigenvalue weighted by atomic mass is 35.5. The Kier molecular flexibility index (Phi) is 3.76. The van der Waals surface area contributed by atoms with E-state index < -0.39 is 0 Å². The fraction of sp³-hybridized carbons (Fsp3) is 0.429. The second-order valence-electron chi connectivity index (χ2n) is 4.98. The van der Waals surface area contributed by atoms with Crippen molar-refractivity contribution in [3.05, 3.63) is 28.5 Å². The fourth-order valence-corrected chi connectivity index (χ4v) is 2.97. The molecule has 5 heteroatoms. The zero-order valence-electron chi connectivity index (χ0n) is 10.5.